The Morgan fingerprint density at radius 2 is 0.870 bits per heavy atom. The standard InChI is InChI=1S/C61H42B2N4OS/c1-64-53-40-58-51(63-49-32-18-20-34-56(49)68-57-37-47(38-59(69-58)61(57)63)66(43-25-11-4-12-26-43)44-27-13-5-14-28-44)39-50(53)62-48-31-17-19-33-52(48)67(45-29-15-6-16-30-45)55-36-46(35-54(64)60(55)62)65(41-21-7-2-8-22-41)42-23-9-3-10-24-42/h2-40H,1H3. The third kappa shape index (κ3) is 6.29. The van der Waals surface area contributed by atoms with Crippen molar-refractivity contribution >= 4 is 121 Å². The fourth-order valence-corrected chi connectivity index (χ4v) is 12.6. The topological polar surface area (TPSA) is 22.2 Å². The molecule has 0 saturated carbocycles. The molecule has 0 saturated heterocycles. The fraction of sp³-hybridized carbons (Fsp3) is 0.0164. The van der Waals surface area contributed by atoms with E-state index in [2.05, 4.69) is 263 Å². The van der Waals surface area contributed by atoms with Crippen molar-refractivity contribution in [3.63, 3.8) is 0 Å². The van der Waals surface area contributed by atoms with Crippen LogP contribution in [-0.2, 0) is 0 Å². The maximum absolute atomic E-state index is 6.98. The number of rotatable bonds is 7. The van der Waals surface area contributed by atoms with Crippen LogP contribution in [0.1, 0.15) is 0 Å². The zero-order valence-electron chi connectivity index (χ0n) is 37.8. The molecule has 0 unspecified atom stereocenters. The second-order valence-corrected chi connectivity index (χ2v) is 19.2. The van der Waals surface area contributed by atoms with E-state index in [1.165, 1.54) is 65.3 Å². The van der Waals surface area contributed by atoms with Crippen molar-refractivity contribution in [1.29, 1.82) is 0 Å². The molecule has 69 heavy (non-hydrogen) atoms. The van der Waals surface area contributed by atoms with Crippen LogP contribution < -0.4 is 57.1 Å². The average Bonchev–Trinajstić information content (AvgIpc) is 3.41. The first-order valence-corrected chi connectivity index (χ1v) is 24.4. The molecule has 4 aliphatic heterocycles. The lowest BCUT2D eigenvalue weighted by molar-refractivity contribution is 0.486. The van der Waals surface area contributed by atoms with E-state index in [4.69, 9.17) is 4.74 Å². The summed E-state index contributed by atoms with van der Waals surface area (Å²) in [5.41, 5.74) is 20.1. The molecule has 0 aromatic heterocycles. The van der Waals surface area contributed by atoms with Crippen molar-refractivity contribution in [3.8, 4) is 11.5 Å². The molecular formula is C61H42B2N4OS. The Hall–Kier alpha value is -8.32. The van der Waals surface area contributed by atoms with Gasteiger partial charge in [0.2, 0.25) is 0 Å². The number of ether oxygens (including phenoxy) is 1. The SMILES string of the molecule is CN1c2cc3c(cc2B2c4ccccc4N(c4ccccc4)c4cc(N(c5ccccc5)c5ccccc5)cc1c42)B1c2ccccc2Oc2cc(N(c4ccccc4)c4ccccc4)cc(c21)S3. The Morgan fingerprint density at radius 1 is 0.362 bits per heavy atom. The maximum atomic E-state index is 6.98. The molecule has 14 rings (SSSR count). The van der Waals surface area contributed by atoms with Crippen LogP contribution >= 0.6 is 11.8 Å². The smallest absolute Gasteiger partial charge is 0.253 e. The van der Waals surface area contributed by atoms with Crippen molar-refractivity contribution in [2.75, 3.05) is 26.6 Å². The van der Waals surface area contributed by atoms with Gasteiger partial charge < -0.3 is 24.3 Å². The van der Waals surface area contributed by atoms with Crippen LogP contribution in [0.3, 0.4) is 0 Å². The minimum Gasteiger partial charge on any atom is -0.458 e. The first-order chi connectivity index (χ1) is 34.2. The predicted octanol–water partition coefficient (Wildman–Crippen LogP) is 12.1. The fourth-order valence-electron chi connectivity index (χ4n) is 11.4. The van der Waals surface area contributed by atoms with Crippen molar-refractivity contribution in [3.05, 3.63) is 237 Å². The lowest BCUT2D eigenvalue weighted by Crippen LogP contribution is -2.64. The van der Waals surface area contributed by atoms with E-state index < -0.39 is 0 Å². The summed E-state index contributed by atoms with van der Waals surface area (Å²) in [6.07, 6.45) is 0. The van der Waals surface area contributed by atoms with Gasteiger partial charge in [-0.15, -0.1) is 0 Å². The Bertz CT molecular complexity index is 3540. The van der Waals surface area contributed by atoms with Crippen molar-refractivity contribution < 1.29 is 4.74 Å². The zero-order valence-corrected chi connectivity index (χ0v) is 38.6. The molecule has 10 aromatic rings. The molecular weight excluding hydrogens is 858 g/mol. The predicted molar refractivity (Wildman–Crippen MR) is 291 cm³/mol. The average molecular weight is 901 g/mol. The summed E-state index contributed by atoms with van der Waals surface area (Å²) in [4.78, 5) is 12.1. The van der Waals surface area contributed by atoms with Crippen molar-refractivity contribution in [2.24, 2.45) is 0 Å². The lowest BCUT2D eigenvalue weighted by Gasteiger charge is -2.44. The number of para-hydroxylation sites is 7. The van der Waals surface area contributed by atoms with E-state index in [-0.39, 0.29) is 13.4 Å². The summed E-state index contributed by atoms with van der Waals surface area (Å²) < 4.78 is 6.98. The normalized spacial score (nSPS) is 13.2. The Kier molecular flexibility index (Phi) is 9.17. The van der Waals surface area contributed by atoms with Crippen LogP contribution in [0.25, 0.3) is 0 Å². The van der Waals surface area contributed by atoms with E-state index in [9.17, 15) is 0 Å². The summed E-state index contributed by atoms with van der Waals surface area (Å²) in [6, 6.07) is 85.9. The molecule has 0 bridgehead atoms. The minimum absolute atomic E-state index is 0.0176. The van der Waals surface area contributed by atoms with Crippen LogP contribution in [0.15, 0.2) is 246 Å². The first kappa shape index (κ1) is 39.8. The highest BCUT2D eigenvalue weighted by atomic mass is 32.2. The molecule has 0 fully saturated rings. The number of benzene rings is 10. The van der Waals surface area contributed by atoms with Gasteiger partial charge in [-0.1, -0.05) is 151 Å². The molecule has 8 heteroatoms. The van der Waals surface area contributed by atoms with Gasteiger partial charge in [0.15, 0.2) is 0 Å². The highest BCUT2D eigenvalue weighted by Crippen LogP contribution is 2.48. The Labute approximate surface area is 407 Å². The van der Waals surface area contributed by atoms with Crippen molar-refractivity contribution in [2.45, 2.75) is 9.79 Å². The first-order valence-electron chi connectivity index (χ1n) is 23.6. The number of hydrogen-bond donors (Lipinski definition) is 0. The van der Waals surface area contributed by atoms with Crippen LogP contribution in [0.4, 0.5) is 62.6 Å². The molecule has 4 heterocycles. The molecule has 5 nitrogen and oxygen atoms in total. The van der Waals surface area contributed by atoms with Gasteiger partial charge in [-0.25, -0.2) is 0 Å². The Balaban J connectivity index is 0.999. The largest absolute Gasteiger partial charge is 0.458 e. The van der Waals surface area contributed by atoms with Gasteiger partial charge in [-0.2, -0.15) is 0 Å². The number of hydrogen-bond acceptors (Lipinski definition) is 6. The van der Waals surface area contributed by atoms with Gasteiger partial charge in [0, 0.05) is 74.1 Å². The highest BCUT2D eigenvalue weighted by Gasteiger charge is 2.46. The molecule has 10 aromatic carbocycles. The van der Waals surface area contributed by atoms with E-state index in [0.29, 0.717) is 0 Å². The van der Waals surface area contributed by atoms with E-state index in [1.54, 1.807) is 0 Å². The summed E-state index contributed by atoms with van der Waals surface area (Å²) in [6.45, 7) is -0.0387. The van der Waals surface area contributed by atoms with Crippen LogP contribution in [-0.4, -0.2) is 20.5 Å². The second kappa shape index (κ2) is 15.9. The summed E-state index contributed by atoms with van der Waals surface area (Å²) >= 11 is 1.86. The van der Waals surface area contributed by atoms with Crippen molar-refractivity contribution in [1.82, 2.24) is 0 Å². The van der Waals surface area contributed by atoms with Crippen LogP contribution in [0.2, 0.25) is 0 Å². The number of fused-ring (bicyclic) bond motifs is 8. The molecule has 0 aliphatic carbocycles. The van der Waals surface area contributed by atoms with Gasteiger partial charge in [-0.05, 0) is 124 Å². The number of nitrogens with zero attached hydrogens (tertiary/aromatic N) is 4. The van der Waals surface area contributed by atoms with Crippen LogP contribution in [0, 0.1) is 0 Å². The molecule has 0 radical (unpaired) electrons. The molecule has 0 atom stereocenters. The highest BCUT2D eigenvalue weighted by molar-refractivity contribution is 8.00. The summed E-state index contributed by atoms with van der Waals surface area (Å²) in [5.74, 6) is 1.80. The molecule has 0 amide bonds. The lowest BCUT2D eigenvalue weighted by atomic mass is 9.31. The Morgan fingerprint density at radius 3 is 1.49 bits per heavy atom. The minimum atomic E-state index is -0.0211. The van der Waals surface area contributed by atoms with Gasteiger partial charge in [0.05, 0.1) is 11.4 Å². The van der Waals surface area contributed by atoms with Gasteiger partial charge in [0.1, 0.15) is 11.5 Å². The van der Waals surface area contributed by atoms with E-state index in [0.717, 1.165) is 51.3 Å². The monoisotopic (exact) mass is 900 g/mol. The summed E-state index contributed by atoms with van der Waals surface area (Å²) in [5, 5.41) is 0. The van der Waals surface area contributed by atoms with Gasteiger partial charge in [0.25, 0.3) is 13.4 Å². The zero-order chi connectivity index (χ0) is 45.6. The maximum Gasteiger partial charge on any atom is 0.253 e. The number of anilines is 11. The van der Waals surface area contributed by atoms with Gasteiger partial charge in [-0.3, -0.25) is 0 Å². The molecule has 4 aliphatic rings. The quantitative estimate of drug-likeness (QED) is 0.148. The van der Waals surface area contributed by atoms with E-state index >= 15 is 0 Å². The van der Waals surface area contributed by atoms with Crippen LogP contribution in [0.5, 0.6) is 11.5 Å². The molecule has 0 spiro atoms. The second-order valence-electron chi connectivity index (χ2n) is 18.1. The molecule has 0 N–H and O–H groups in total. The third-order valence-electron chi connectivity index (χ3n) is 14.3. The van der Waals surface area contributed by atoms with E-state index in [1.807, 2.05) is 11.8 Å². The van der Waals surface area contributed by atoms with Gasteiger partial charge >= 0.3 is 0 Å². The molecule has 324 valence electrons. The third-order valence-corrected chi connectivity index (χ3v) is 15.4. The summed E-state index contributed by atoms with van der Waals surface area (Å²) in [7, 11) is 2.27.